The fraction of sp³-hybridized carbons (Fsp3) is 0.588. The van der Waals surface area contributed by atoms with E-state index in [-0.39, 0.29) is 36.3 Å². The van der Waals surface area contributed by atoms with Gasteiger partial charge in [-0.2, -0.15) is 0 Å². The highest BCUT2D eigenvalue weighted by Crippen LogP contribution is 2.24. The third-order valence-corrected chi connectivity index (χ3v) is 4.24. The van der Waals surface area contributed by atoms with Crippen molar-refractivity contribution < 1.29 is 14.3 Å². The van der Waals surface area contributed by atoms with E-state index in [1.54, 1.807) is 12.1 Å². The fourth-order valence-electron chi connectivity index (χ4n) is 3.13. The van der Waals surface area contributed by atoms with Gasteiger partial charge >= 0.3 is 0 Å². The van der Waals surface area contributed by atoms with Gasteiger partial charge in [0.15, 0.2) is 0 Å². The van der Waals surface area contributed by atoms with Crippen LogP contribution in [0.2, 0.25) is 0 Å². The normalized spacial score (nSPS) is 23.0. The minimum Gasteiger partial charge on any atom is -0.396 e. The highest BCUT2D eigenvalue weighted by atomic mass is 19.1. The SMILES string of the molecule is CC(CC(=O)Nc1cccc(F)c1)NC1CCCCC1CO. The Labute approximate surface area is 131 Å². The van der Waals surface area contributed by atoms with Crippen molar-refractivity contribution in [2.75, 3.05) is 11.9 Å². The van der Waals surface area contributed by atoms with Gasteiger partial charge in [-0.3, -0.25) is 4.79 Å². The molecule has 0 saturated heterocycles. The summed E-state index contributed by atoms with van der Waals surface area (Å²) in [6, 6.07) is 6.18. The van der Waals surface area contributed by atoms with Crippen LogP contribution in [-0.4, -0.2) is 29.7 Å². The molecule has 4 nitrogen and oxygen atoms in total. The summed E-state index contributed by atoms with van der Waals surface area (Å²) in [5.74, 6) is -0.221. The Morgan fingerprint density at radius 2 is 2.18 bits per heavy atom. The Morgan fingerprint density at radius 1 is 1.41 bits per heavy atom. The monoisotopic (exact) mass is 308 g/mol. The van der Waals surface area contributed by atoms with Crippen LogP contribution >= 0.6 is 0 Å². The number of nitrogens with one attached hydrogen (secondary N) is 2. The van der Waals surface area contributed by atoms with Crippen molar-refractivity contribution >= 4 is 11.6 Å². The molecule has 1 aliphatic rings. The molecule has 0 radical (unpaired) electrons. The van der Waals surface area contributed by atoms with Crippen molar-refractivity contribution in [1.82, 2.24) is 5.32 Å². The molecule has 0 heterocycles. The Kier molecular flexibility index (Phi) is 6.34. The Hall–Kier alpha value is -1.46. The molecule has 0 spiro atoms. The average molecular weight is 308 g/mol. The molecule has 0 aliphatic heterocycles. The van der Waals surface area contributed by atoms with Gasteiger partial charge in [-0.1, -0.05) is 18.9 Å². The lowest BCUT2D eigenvalue weighted by Crippen LogP contribution is -2.45. The smallest absolute Gasteiger partial charge is 0.225 e. The van der Waals surface area contributed by atoms with Crippen molar-refractivity contribution in [2.45, 2.75) is 51.1 Å². The predicted molar refractivity (Wildman–Crippen MR) is 85.1 cm³/mol. The van der Waals surface area contributed by atoms with Crippen LogP contribution in [-0.2, 0) is 4.79 Å². The van der Waals surface area contributed by atoms with Crippen LogP contribution < -0.4 is 10.6 Å². The van der Waals surface area contributed by atoms with E-state index in [9.17, 15) is 14.3 Å². The molecule has 1 aromatic carbocycles. The Balaban J connectivity index is 1.80. The molecule has 0 aromatic heterocycles. The predicted octanol–water partition coefficient (Wildman–Crippen LogP) is 2.68. The first-order valence-corrected chi connectivity index (χ1v) is 8.01. The van der Waals surface area contributed by atoms with Crippen LogP contribution in [0.4, 0.5) is 10.1 Å². The van der Waals surface area contributed by atoms with Gasteiger partial charge in [0.25, 0.3) is 0 Å². The molecule has 1 amide bonds. The van der Waals surface area contributed by atoms with Gasteiger partial charge in [0.1, 0.15) is 5.82 Å². The molecule has 3 atom stereocenters. The Morgan fingerprint density at radius 3 is 2.91 bits per heavy atom. The number of amides is 1. The lowest BCUT2D eigenvalue weighted by molar-refractivity contribution is -0.116. The molecule has 1 saturated carbocycles. The maximum Gasteiger partial charge on any atom is 0.225 e. The van der Waals surface area contributed by atoms with Crippen LogP contribution in [0, 0.1) is 11.7 Å². The summed E-state index contributed by atoms with van der Waals surface area (Å²) < 4.78 is 13.1. The number of carbonyl (C=O) groups excluding carboxylic acids is 1. The van der Waals surface area contributed by atoms with Crippen LogP contribution in [0.3, 0.4) is 0 Å². The molecule has 1 fully saturated rings. The maximum atomic E-state index is 13.1. The number of anilines is 1. The van der Waals surface area contributed by atoms with Crippen LogP contribution in [0.15, 0.2) is 24.3 Å². The molecule has 3 N–H and O–H groups in total. The van der Waals surface area contributed by atoms with E-state index in [0.29, 0.717) is 12.1 Å². The maximum absolute atomic E-state index is 13.1. The third kappa shape index (κ3) is 5.07. The van der Waals surface area contributed by atoms with E-state index in [0.717, 1.165) is 25.7 Å². The van der Waals surface area contributed by atoms with Crippen LogP contribution in [0.5, 0.6) is 0 Å². The number of carbonyl (C=O) groups is 1. The summed E-state index contributed by atoms with van der Waals surface area (Å²) in [6.45, 7) is 2.16. The zero-order valence-corrected chi connectivity index (χ0v) is 13.0. The van der Waals surface area contributed by atoms with Crippen molar-refractivity contribution in [3.63, 3.8) is 0 Å². The average Bonchev–Trinajstić information content (AvgIpc) is 2.47. The van der Waals surface area contributed by atoms with E-state index in [1.165, 1.54) is 12.1 Å². The number of hydrogen-bond donors (Lipinski definition) is 3. The van der Waals surface area contributed by atoms with Gasteiger partial charge in [-0.15, -0.1) is 0 Å². The van der Waals surface area contributed by atoms with E-state index in [2.05, 4.69) is 10.6 Å². The number of halogens is 1. The number of rotatable bonds is 6. The van der Waals surface area contributed by atoms with Gasteiger partial charge < -0.3 is 15.7 Å². The summed E-state index contributed by atoms with van der Waals surface area (Å²) in [4.78, 5) is 12.0. The quantitative estimate of drug-likeness (QED) is 0.757. The van der Waals surface area contributed by atoms with Gasteiger partial charge in [0.2, 0.25) is 5.91 Å². The first-order valence-electron chi connectivity index (χ1n) is 8.01. The minimum atomic E-state index is -0.364. The topological polar surface area (TPSA) is 61.4 Å². The standard InChI is InChI=1S/C17H25FN2O2/c1-12(19-16-8-3-2-5-13(16)11-21)9-17(22)20-15-7-4-6-14(18)10-15/h4,6-7,10,12-13,16,19,21H,2-3,5,8-9,11H2,1H3,(H,20,22). The molecular weight excluding hydrogens is 283 g/mol. The molecule has 1 aliphatic carbocycles. The Bertz CT molecular complexity index is 495. The number of hydrogen-bond acceptors (Lipinski definition) is 3. The van der Waals surface area contributed by atoms with E-state index in [4.69, 9.17) is 0 Å². The first-order chi connectivity index (χ1) is 10.6. The van der Waals surface area contributed by atoms with Crippen LogP contribution in [0.1, 0.15) is 39.0 Å². The summed E-state index contributed by atoms with van der Waals surface area (Å²) in [6.07, 6.45) is 4.73. The number of aliphatic hydroxyl groups is 1. The largest absolute Gasteiger partial charge is 0.396 e. The lowest BCUT2D eigenvalue weighted by atomic mass is 9.84. The second kappa shape index (κ2) is 8.25. The molecular formula is C17H25FN2O2. The molecule has 5 heteroatoms. The molecule has 2 rings (SSSR count). The second-order valence-electron chi connectivity index (χ2n) is 6.16. The molecule has 22 heavy (non-hydrogen) atoms. The number of benzene rings is 1. The molecule has 122 valence electrons. The van der Waals surface area contributed by atoms with Crippen LogP contribution in [0.25, 0.3) is 0 Å². The first kappa shape index (κ1) is 16.9. The van der Waals surface area contributed by atoms with Crippen molar-refractivity contribution in [1.29, 1.82) is 0 Å². The molecule has 0 bridgehead atoms. The van der Waals surface area contributed by atoms with Gasteiger partial charge in [0, 0.05) is 30.8 Å². The van der Waals surface area contributed by atoms with Crippen molar-refractivity contribution in [2.24, 2.45) is 5.92 Å². The van der Waals surface area contributed by atoms with Gasteiger partial charge in [-0.25, -0.2) is 4.39 Å². The third-order valence-electron chi connectivity index (χ3n) is 4.24. The van der Waals surface area contributed by atoms with E-state index < -0.39 is 0 Å². The minimum absolute atomic E-state index is 0.0192. The summed E-state index contributed by atoms with van der Waals surface area (Å²) in [5.41, 5.74) is 0.475. The highest BCUT2D eigenvalue weighted by molar-refractivity contribution is 5.91. The highest BCUT2D eigenvalue weighted by Gasteiger charge is 2.25. The molecule has 1 aromatic rings. The lowest BCUT2D eigenvalue weighted by Gasteiger charge is -2.33. The second-order valence-corrected chi connectivity index (χ2v) is 6.16. The van der Waals surface area contributed by atoms with Crippen molar-refractivity contribution in [3.05, 3.63) is 30.1 Å². The zero-order valence-electron chi connectivity index (χ0n) is 13.0. The summed E-state index contributed by atoms with van der Waals surface area (Å²) in [5, 5.41) is 15.6. The van der Waals surface area contributed by atoms with E-state index in [1.807, 2.05) is 6.92 Å². The number of aliphatic hydroxyl groups excluding tert-OH is 1. The zero-order chi connectivity index (χ0) is 15.9. The fourth-order valence-corrected chi connectivity index (χ4v) is 3.13. The van der Waals surface area contributed by atoms with Gasteiger partial charge in [0.05, 0.1) is 0 Å². The van der Waals surface area contributed by atoms with Gasteiger partial charge in [-0.05, 0) is 43.9 Å². The van der Waals surface area contributed by atoms with Crippen molar-refractivity contribution in [3.8, 4) is 0 Å². The summed E-state index contributed by atoms with van der Waals surface area (Å²) in [7, 11) is 0. The summed E-state index contributed by atoms with van der Waals surface area (Å²) >= 11 is 0. The van der Waals surface area contributed by atoms with E-state index >= 15 is 0 Å². The molecule has 3 unspecified atom stereocenters.